The Morgan fingerprint density at radius 3 is 2.33 bits per heavy atom. The fraction of sp³-hybridized carbons (Fsp3) is 0.333. The molecule has 0 aliphatic heterocycles. The third kappa shape index (κ3) is 3.14. The van der Waals surface area contributed by atoms with Crippen molar-refractivity contribution in [1.82, 2.24) is 15.5 Å². The van der Waals surface area contributed by atoms with Crippen molar-refractivity contribution in [2.75, 3.05) is 7.05 Å². The summed E-state index contributed by atoms with van der Waals surface area (Å²) in [6, 6.07) is 12.6. The Bertz CT molecular complexity index is 427. The van der Waals surface area contributed by atoms with E-state index in [0.29, 0.717) is 0 Å². The zero-order valence-corrected chi connectivity index (χ0v) is 11.0. The molecule has 1 heterocycles. The zero-order valence-electron chi connectivity index (χ0n) is 11.0. The zero-order chi connectivity index (χ0) is 12.8. The number of aryl methyl sites for hydroxylation is 1. The van der Waals surface area contributed by atoms with E-state index in [1.807, 2.05) is 19.2 Å². The molecule has 94 valence electrons. The van der Waals surface area contributed by atoms with Crippen molar-refractivity contribution in [2.24, 2.45) is 0 Å². The van der Waals surface area contributed by atoms with Gasteiger partial charge in [-0.15, -0.1) is 0 Å². The molecule has 1 aromatic heterocycles. The van der Waals surface area contributed by atoms with Gasteiger partial charge in [0.25, 0.3) is 0 Å². The lowest BCUT2D eigenvalue weighted by molar-refractivity contribution is 0.768. The van der Waals surface area contributed by atoms with Gasteiger partial charge in [-0.1, -0.05) is 37.6 Å². The smallest absolute Gasteiger partial charge is 0.0929 e. The van der Waals surface area contributed by atoms with Crippen molar-refractivity contribution in [3.63, 3.8) is 0 Å². The van der Waals surface area contributed by atoms with E-state index < -0.39 is 0 Å². The first kappa shape index (κ1) is 12.7. The topological polar surface area (TPSA) is 37.8 Å². The predicted molar refractivity (Wildman–Crippen MR) is 74.2 cm³/mol. The average molecular weight is 241 g/mol. The molecule has 18 heavy (non-hydrogen) atoms. The van der Waals surface area contributed by atoms with E-state index in [0.717, 1.165) is 29.9 Å². The van der Waals surface area contributed by atoms with E-state index in [1.54, 1.807) is 0 Å². The Hall–Kier alpha value is -1.74. The van der Waals surface area contributed by atoms with Gasteiger partial charge in [0.05, 0.1) is 11.4 Å². The fourth-order valence-corrected chi connectivity index (χ4v) is 1.92. The monoisotopic (exact) mass is 241 g/mol. The predicted octanol–water partition coefficient (Wildman–Crippen LogP) is 2.82. The van der Waals surface area contributed by atoms with E-state index in [4.69, 9.17) is 0 Å². The highest BCUT2D eigenvalue weighted by Crippen LogP contribution is 2.17. The first-order valence-corrected chi connectivity index (χ1v) is 6.40. The van der Waals surface area contributed by atoms with Crippen LogP contribution in [0.4, 0.5) is 0 Å². The summed E-state index contributed by atoms with van der Waals surface area (Å²) in [4.78, 5) is 0. The molecular weight excluding hydrogens is 222 g/mol. The second kappa shape index (κ2) is 6.26. The molecule has 0 saturated heterocycles. The highest BCUT2D eigenvalue weighted by atomic mass is 15.1. The Kier molecular flexibility index (Phi) is 4.42. The van der Waals surface area contributed by atoms with Gasteiger partial charge in [0.15, 0.2) is 0 Å². The maximum atomic E-state index is 4.25. The van der Waals surface area contributed by atoms with Gasteiger partial charge in [-0.25, -0.2) is 0 Å². The molecule has 0 radical (unpaired) electrons. The number of nitrogens with zero attached hydrogens (tertiary/aromatic N) is 2. The fourth-order valence-electron chi connectivity index (χ4n) is 1.92. The van der Waals surface area contributed by atoms with Gasteiger partial charge in [-0.3, -0.25) is 0 Å². The maximum Gasteiger partial charge on any atom is 0.0929 e. The molecule has 0 aliphatic rings. The minimum atomic E-state index is 0.753. The second-order valence-electron chi connectivity index (χ2n) is 4.39. The van der Waals surface area contributed by atoms with Gasteiger partial charge in [0.1, 0.15) is 0 Å². The van der Waals surface area contributed by atoms with Crippen LogP contribution in [0.3, 0.4) is 0 Å². The van der Waals surface area contributed by atoms with Crippen LogP contribution in [0.2, 0.25) is 0 Å². The minimum absolute atomic E-state index is 0.753. The number of nitrogens with one attached hydrogen (secondary N) is 1. The summed E-state index contributed by atoms with van der Waals surface area (Å²) < 4.78 is 0. The number of benzene rings is 1. The summed E-state index contributed by atoms with van der Waals surface area (Å²) in [5.74, 6) is 0. The van der Waals surface area contributed by atoms with Crippen molar-refractivity contribution >= 4 is 0 Å². The van der Waals surface area contributed by atoms with Crippen LogP contribution in [0.5, 0.6) is 0 Å². The molecule has 3 heteroatoms. The molecular formula is C15H19N3. The molecule has 0 aliphatic carbocycles. The summed E-state index contributed by atoms with van der Waals surface area (Å²) in [7, 11) is 1.90. The minimum Gasteiger partial charge on any atom is -0.314 e. The molecule has 0 fully saturated rings. The molecule has 2 rings (SSSR count). The molecule has 2 aromatic rings. The van der Waals surface area contributed by atoms with Crippen LogP contribution in [-0.2, 0) is 13.0 Å². The summed E-state index contributed by atoms with van der Waals surface area (Å²) in [5.41, 5.74) is 4.39. The van der Waals surface area contributed by atoms with E-state index in [2.05, 4.69) is 46.7 Å². The second-order valence-corrected chi connectivity index (χ2v) is 4.39. The molecule has 1 aromatic carbocycles. The van der Waals surface area contributed by atoms with E-state index in [-0.39, 0.29) is 0 Å². The Morgan fingerprint density at radius 2 is 1.78 bits per heavy atom. The lowest BCUT2D eigenvalue weighted by Gasteiger charge is -2.03. The van der Waals surface area contributed by atoms with Gasteiger partial charge in [0, 0.05) is 12.1 Å². The van der Waals surface area contributed by atoms with Crippen molar-refractivity contribution in [3.8, 4) is 11.3 Å². The first-order valence-electron chi connectivity index (χ1n) is 6.40. The lowest BCUT2D eigenvalue weighted by atomic mass is 10.1. The Morgan fingerprint density at radius 1 is 1.00 bits per heavy atom. The summed E-state index contributed by atoms with van der Waals surface area (Å²) in [6.45, 7) is 2.95. The average Bonchev–Trinajstić information content (AvgIpc) is 2.41. The van der Waals surface area contributed by atoms with Crippen molar-refractivity contribution in [2.45, 2.75) is 26.3 Å². The number of hydrogen-bond donors (Lipinski definition) is 1. The van der Waals surface area contributed by atoms with E-state index >= 15 is 0 Å². The molecule has 0 bridgehead atoms. The molecule has 0 atom stereocenters. The van der Waals surface area contributed by atoms with E-state index in [1.165, 1.54) is 12.0 Å². The normalized spacial score (nSPS) is 10.6. The lowest BCUT2D eigenvalue weighted by Crippen LogP contribution is -2.07. The molecule has 0 unspecified atom stereocenters. The van der Waals surface area contributed by atoms with Crippen LogP contribution < -0.4 is 5.32 Å². The quantitative estimate of drug-likeness (QED) is 0.874. The highest BCUT2D eigenvalue weighted by molar-refractivity contribution is 5.58. The molecule has 1 N–H and O–H groups in total. The molecule has 0 saturated carbocycles. The van der Waals surface area contributed by atoms with Crippen LogP contribution in [0.25, 0.3) is 11.3 Å². The SMILES string of the molecule is CCCc1ccc(-c2ccc(CNC)nn2)cc1. The van der Waals surface area contributed by atoms with Crippen molar-refractivity contribution < 1.29 is 0 Å². The Labute approximate surface area is 108 Å². The van der Waals surface area contributed by atoms with Gasteiger partial charge in [-0.05, 0) is 31.2 Å². The van der Waals surface area contributed by atoms with Crippen LogP contribution in [-0.4, -0.2) is 17.2 Å². The number of aromatic nitrogens is 2. The third-order valence-corrected chi connectivity index (χ3v) is 2.87. The third-order valence-electron chi connectivity index (χ3n) is 2.87. The van der Waals surface area contributed by atoms with Gasteiger partial charge in [-0.2, -0.15) is 10.2 Å². The molecule has 0 spiro atoms. The molecule has 0 amide bonds. The standard InChI is InChI=1S/C15H19N3/c1-3-4-12-5-7-13(8-6-12)15-10-9-14(11-16-2)17-18-15/h5-10,16H,3-4,11H2,1-2H3. The Balaban J connectivity index is 2.15. The van der Waals surface area contributed by atoms with Gasteiger partial charge in [0.2, 0.25) is 0 Å². The van der Waals surface area contributed by atoms with Crippen LogP contribution in [0, 0.1) is 0 Å². The summed E-state index contributed by atoms with van der Waals surface area (Å²) >= 11 is 0. The van der Waals surface area contributed by atoms with Crippen LogP contribution >= 0.6 is 0 Å². The number of rotatable bonds is 5. The largest absolute Gasteiger partial charge is 0.314 e. The van der Waals surface area contributed by atoms with E-state index in [9.17, 15) is 0 Å². The van der Waals surface area contributed by atoms with Gasteiger partial charge >= 0.3 is 0 Å². The number of hydrogen-bond acceptors (Lipinski definition) is 3. The van der Waals surface area contributed by atoms with Gasteiger partial charge < -0.3 is 5.32 Å². The molecule has 3 nitrogen and oxygen atoms in total. The first-order chi connectivity index (χ1) is 8.83. The van der Waals surface area contributed by atoms with Crippen LogP contribution in [0.1, 0.15) is 24.6 Å². The van der Waals surface area contributed by atoms with Crippen molar-refractivity contribution in [3.05, 3.63) is 47.7 Å². The summed E-state index contributed by atoms with van der Waals surface area (Å²) in [6.07, 6.45) is 2.31. The van der Waals surface area contributed by atoms with Crippen LogP contribution in [0.15, 0.2) is 36.4 Å². The highest BCUT2D eigenvalue weighted by Gasteiger charge is 2.01. The van der Waals surface area contributed by atoms with Crippen molar-refractivity contribution in [1.29, 1.82) is 0 Å². The summed E-state index contributed by atoms with van der Waals surface area (Å²) in [5, 5.41) is 11.5. The maximum absolute atomic E-state index is 4.25.